The Morgan fingerprint density at radius 3 is 2.22 bits per heavy atom. The molecule has 8 nitrogen and oxygen atoms in total. The summed E-state index contributed by atoms with van der Waals surface area (Å²) in [6.45, 7) is 8.02. The molecule has 3 heterocycles. The Morgan fingerprint density at radius 2 is 1.59 bits per heavy atom. The zero-order valence-electron chi connectivity index (χ0n) is 19.0. The van der Waals surface area contributed by atoms with Crippen molar-refractivity contribution in [2.24, 2.45) is 14.1 Å². The molecule has 32 heavy (non-hydrogen) atoms. The third-order valence-corrected chi connectivity index (χ3v) is 6.23. The van der Waals surface area contributed by atoms with E-state index in [0.29, 0.717) is 24.4 Å². The van der Waals surface area contributed by atoms with E-state index in [1.807, 2.05) is 0 Å². The van der Waals surface area contributed by atoms with Gasteiger partial charge in [0.25, 0.3) is 11.5 Å². The fraction of sp³-hybridized carbons (Fsp3) is 0.417. The van der Waals surface area contributed by atoms with Crippen molar-refractivity contribution in [1.82, 2.24) is 23.9 Å². The molecule has 1 aliphatic heterocycles. The van der Waals surface area contributed by atoms with Crippen LogP contribution in [0, 0.1) is 0 Å². The predicted octanol–water partition coefficient (Wildman–Crippen LogP) is 1.71. The van der Waals surface area contributed by atoms with Crippen LogP contribution < -0.4 is 11.2 Å². The number of fused-ring (bicyclic) bond motifs is 1. The second-order valence-corrected chi connectivity index (χ2v) is 8.74. The number of pyridine rings is 1. The van der Waals surface area contributed by atoms with Gasteiger partial charge in [-0.15, -0.1) is 0 Å². The second-order valence-electron chi connectivity index (χ2n) is 8.74. The number of piperazine rings is 1. The quantitative estimate of drug-likeness (QED) is 0.623. The summed E-state index contributed by atoms with van der Waals surface area (Å²) in [5, 5.41) is 0.319. The normalized spacial score (nSPS) is 15.0. The minimum absolute atomic E-state index is 0.180. The number of amides is 1. The van der Waals surface area contributed by atoms with Gasteiger partial charge in [-0.25, -0.2) is 9.78 Å². The summed E-state index contributed by atoms with van der Waals surface area (Å²) in [6, 6.07) is 11.9. The molecule has 0 unspecified atom stereocenters. The monoisotopic (exact) mass is 435 g/mol. The van der Waals surface area contributed by atoms with E-state index in [2.05, 4.69) is 48.0 Å². The van der Waals surface area contributed by atoms with E-state index in [1.54, 1.807) is 24.1 Å². The van der Waals surface area contributed by atoms with E-state index in [4.69, 9.17) is 0 Å². The third kappa shape index (κ3) is 4.10. The number of aromatic nitrogens is 3. The van der Waals surface area contributed by atoms with Gasteiger partial charge in [0.05, 0.1) is 5.39 Å². The molecule has 0 saturated carbocycles. The summed E-state index contributed by atoms with van der Waals surface area (Å²) < 4.78 is 2.34. The summed E-state index contributed by atoms with van der Waals surface area (Å²) >= 11 is 0. The number of benzene rings is 1. The lowest BCUT2D eigenvalue weighted by Crippen LogP contribution is -2.48. The molecule has 2 aromatic heterocycles. The lowest BCUT2D eigenvalue weighted by atomic mass is 10.0. The van der Waals surface area contributed by atoms with Crippen molar-refractivity contribution in [3.05, 3.63) is 74.1 Å². The molecule has 3 aromatic rings. The van der Waals surface area contributed by atoms with Crippen LogP contribution in [0.2, 0.25) is 0 Å². The standard InChI is InChI=1S/C24H29N5O3/c1-16(2)18-7-5-17(6-8-18)15-28-11-13-29(14-12-28)23(31)20-10-9-19-21(25-20)26(3)24(32)27(4)22(19)30/h5-10,16H,11-15H2,1-4H3. The molecule has 0 radical (unpaired) electrons. The van der Waals surface area contributed by atoms with Gasteiger partial charge in [0.2, 0.25) is 0 Å². The van der Waals surface area contributed by atoms with Gasteiger partial charge in [-0.1, -0.05) is 38.1 Å². The summed E-state index contributed by atoms with van der Waals surface area (Å²) in [4.78, 5) is 46.1. The molecule has 1 saturated heterocycles. The first kappa shape index (κ1) is 22.0. The van der Waals surface area contributed by atoms with E-state index in [0.717, 1.165) is 24.2 Å². The van der Waals surface area contributed by atoms with Gasteiger partial charge in [0.15, 0.2) is 0 Å². The number of carbonyl (C=O) groups excluding carboxylic acids is 1. The molecule has 168 valence electrons. The number of carbonyl (C=O) groups is 1. The fourth-order valence-electron chi connectivity index (χ4n) is 4.11. The first-order valence-corrected chi connectivity index (χ1v) is 10.9. The number of nitrogens with zero attached hydrogens (tertiary/aromatic N) is 5. The molecule has 8 heteroatoms. The maximum absolute atomic E-state index is 13.0. The molecular formula is C24H29N5O3. The minimum Gasteiger partial charge on any atom is -0.335 e. The molecule has 0 spiro atoms. The molecule has 0 N–H and O–H groups in total. The second kappa shape index (κ2) is 8.70. The van der Waals surface area contributed by atoms with E-state index in [-0.39, 0.29) is 17.2 Å². The van der Waals surface area contributed by atoms with Gasteiger partial charge < -0.3 is 4.90 Å². The van der Waals surface area contributed by atoms with E-state index in [9.17, 15) is 14.4 Å². The van der Waals surface area contributed by atoms with Crippen LogP contribution in [0.3, 0.4) is 0 Å². The van der Waals surface area contributed by atoms with Gasteiger partial charge in [-0.05, 0) is 29.2 Å². The molecule has 1 fully saturated rings. The van der Waals surface area contributed by atoms with Crippen LogP contribution in [0.15, 0.2) is 46.0 Å². The van der Waals surface area contributed by atoms with Crippen LogP contribution in [-0.2, 0) is 20.6 Å². The Kier molecular flexibility index (Phi) is 5.97. The van der Waals surface area contributed by atoms with Crippen molar-refractivity contribution in [3.8, 4) is 0 Å². The Morgan fingerprint density at radius 1 is 0.938 bits per heavy atom. The lowest BCUT2D eigenvalue weighted by Gasteiger charge is -2.34. The number of hydrogen-bond acceptors (Lipinski definition) is 5. The van der Waals surface area contributed by atoms with E-state index >= 15 is 0 Å². The largest absolute Gasteiger partial charge is 0.335 e. The SMILES string of the molecule is CC(C)c1ccc(CN2CCN(C(=O)c3ccc4c(=O)n(C)c(=O)n(C)c4n3)CC2)cc1. The van der Waals surface area contributed by atoms with Crippen LogP contribution in [0.5, 0.6) is 0 Å². The van der Waals surface area contributed by atoms with Crippen LogP contribution >= 0.6 is 0 Å². The highest BCUT2D eigenvalue weighted by atomic mass is 16.2. The van der Waals surface area contributed by atoms with Gasteiger partial charge in [-0.2, -0.15) is 0 Å². The van der Waals surface area contributed by atoms with Gasteiger partial charge in [0.1, 0.15) is 11.3 Å². The summed E-state index contributed by atoms with van der Waals surface area (Å²) in [5.41, 5.74) is 2.21. The molecule has 4 rings (SSSR count). The molecule has 1 aliphatic rings. The smallest absolute Gasteiger partial charge is 0.332 e. The number of aryl methyl sites for hydroxylation is 1. The van der Waals surface area contributed by atoms with Gasteiger partial charge >= 0.3 is 5.69 Å². The Balaban J connectivity index is 1.45. The summed E-state index contributed by atoms with van der Waals surface area (Å²) in [7, 11) is 2.99. The predicted molar refractivity (Wildman–Crippen MR) is 124 cm³/mol. The van der Waals surface area contributed by atoms with Crippen molar-refractivity contribution in [1.29, 1.82) is 0 Å². The molecule has 1 aromatic carbocycles. The summed E-state index contributed by atoms with van der Waals surface area (Å²) in [5.74, 6) is 0.341. The zero-order valence-corrected chi connectivity index (χ0v) is 19.0. The molecule has 1 amide bonds. The van der Waals surface area contributed by atoms with E-state index in [1.165, 1.54) is 22.7 Å². The Bertz CT molecular complexity index is 1270. The third-order valence-electron chi connectivity index (χ3n) is 6.23. The Hall–Kier alpha value is -3.26. The highest BCUT2D eigenvalue weighted by Crippen LogP contribution is 2.17. The molecule has 0 bridgehead atoms. The van der Waals surface area contributed by atoms with Crippen molar-refractivity contribution in [2.45, 2.75) is 26.3 Å². The zero-order chi connectivity index (χ0) is 23.0. The van der Waals surface area contributed by atoms with Crippen molar-refractivity contribution in [2.75, 3.05) is 26.2 Å². The van der Waals surface area contributed by atoms with Crippen molar-refractivity contribution < 1.29 is 4.79 Å². The first-order chi connectivity index (χ1) is 15.3. The van der Waals surface area contributed by atoms with Crippen LogP contribution in [0.1, 0.15) is 41.4 Å². The average molecular weight is 436 g/mol. The first-order valence-electron chi connectivity index (χ1n) is 10.9. The van der Waals surface area contributed by atoms with Crippen molar-refractivity contribution in [3.63, 3.8) is 0 Å². The minimum atomic E-state index is -0.463. The average Bonchev–Trinajstić information content (AvgIpc) is 2.81. The topological polar surface area (TPSA) is 80.4 Å². The van der Waals surface area contributed by atoms with Gasteiger partial charge in [0, 0.05) is 46.8 Å². The molecule has 0 atom stereocenters. The fourth-order valence-corrected chi connectivity index (χ4v) is 4.11. The number of rotatable bonds is 4. The lowest BCUT2D eigenvalue weighted by molar-refractivity contribution is 0.0623. The Labute approximate surface area is 186 Å². The van der Waals surface area contributed by atoms with Crippen LogP contribution in [-0.4, -0.2) is 56.0 Å². The highest BCUT2D eigenvalue weighted by molar-refractivity contribution is 5.94. The van der Waals surface area contributed by atoms with Gasteiger partial charge in [-0.3, -0.25) is 23.6 Å². The summed E-state index contributed by atoms with van der Waals surface area (Å²) in [6.07, 6.45) is 0. The van der Waals surface area contributed by atoms with Crippen LogP contribution in [0.4, 0.5) is 0 Å². The van der Waals surface area contributed by atoms with Crippen LogP contribution in [0.25, 0.3) is 11.0 Å². The maximum atomic E-state index is 13.0. The molecule has 0 aliphatic carbocycles. The molecular weight excluding hydrogens is 406 g/mol. The van der Waals surface area contributed by atoms with Crippen molar-refractivity contribution >= 4 is 16.9 Å². The van der Waals surface area contributed by atoms with E-state index < -0.39 is 11.2 Å². The highest BCUT2D eigenvalue weighted by Gasteiger charge is 2.24. The maximum Gasteiger partial charge on any atom is 0.332 e. The number of hydrogen-bond donors (Lipinski definition) is 0.